The monoisotopic (exact) mass is 379 g/mol. The van der Waals surface area contributed by atoms with Crippen LogP contribution in [0.5, 0.6) is 0 Å². The van der Waals surface area contributed by atoms with Gasteiger partial charge in [-0.15, -0.1) is 0 Å². The lowest BCUT2D eigenvalue weighted by Gasteiger charge is -2.19. The summed E-state index contributed by atoms with van der Waals surface area (Å²) >= 11 is 0. The van der Waals surface area contributed by atoms with E-state index in [1.54, 1.807) is 24.3 Å². The number of nitrogens with zero attached hydrogens (tertiary/aromatic N) is 2. The number of carboxylic acids is 1. The van der Waals surface area contributed by atoms with Gasteiger partial charge in [0.05, 0.1) is 22.6 Å². The second-order valence-electron chi connectivity index (χ2n) is 7.21. The molecule has 0 aliphatic rings. The van der Waals surface area contributed by atoms with Gasteiger partial charge in [0.25, 0.3) is 0 Å². The third kappa shape index (κ3) is 4.22. The average molecular weight is 379 g/mol. The van der Waals surface area contributed by atoms with Crippen molar-refractivity contribution < 1.29 is 14.7 Å². The number of benzene rings is 2. The predicted octanol–water partition coefficient (Wildman–Crippen LogP) is 4.13. The van der Waals surface area contributed by atoms with E-state index in [0.29, 0.717) is 12.8 Å². The highest BCUT2D eigenvalue weighted by Gasteiger charge is 2.19. The SMILES string of the molecule is CC(NC(=O)CCc1ccc(C(=O)O)cc1)c1nc2ccccc2n1C(C)C. The third-order valence-corrected chi connectivity index (χ3v) is 4.75. The summed E-state index contributed by atoms with van der Waals surface area (Å²) < 4.78 is 2.16. The summed E-state index contributed by atoms with van der Waals surface area (Å²) in [6, 6.07) is 14.6. The van der Waals surface area contributed by atoms with Crippen LogP contribution in [0.2, 0.25) is 0 Å². The summed E-state index contributed by atoms with van der Waals surface area (Å²) in [5.41, 5.74) is 3.16. The smallest absolute Gasteiger partial charge is 0.335 e. The van der Waals surface area contributed by atoms with Crippen LogP contribution in [-0.2, 0) is 11.2 Å². The second kappa shape index (κ2) is 8.25. The van der Waals surface area contributed by atoms with Gasteiger partial charge in [-0.1, -0.05) is 24.3 Å². The van der Waals surface area contributed by atoms with Crippen LogP contribution in [0.15, 0.2) is 48.5 Å². The lowest BCUT2D eigenvalue weighted by molar-refractivity contribution is -0.121. The molecule has 28 heavy (non-hydrogen) atoms. The van der Waals surface area contributed by atoms with Gasteiger partial charge in [0.15, 0.2) is 0 Å². The van der Waals surface area contributed by atoms with E-state index in [2.05, 4.69) is 23.7 Å². The Morgan fingerprint density at radius 2 is 1.75 bits per heavy atom. The fourth-order valence-corrected chi connectivity index (χ4v) is 3.36. The Morgan fingerprint density at radius 3 is 2.39 bits per heavy atom. The van der Waals surface area contributed by atoms with Crippen LogP contribution < -0.4 is 5.32 Å². The molecular weight excluding hydrogens is 354 g/mol. The van der Waals surface area contributed by atoms with Gasteiger partial charge in [-0.25, -0.2) is 9.78 Å². The van der Waals surface area contributed by atoms with Gasteiger partial charge in [-0.3, -0.25) is 4.79 Å². The Morgan fingerprint density at radius 1 is 1.07 bits per heavy atom. The van der Waals surface area contributed by atoms with Crippen LogP contribution in [0, 0.1) is 0 Å². The zero-order valence-corrected chi connectivity index (χ0v) is 16.3. The number of para-hydroxylation sites is 2. The Kier molecular flexibility index (Phi) is 5.78. The topological polar surface area (TPSA) is 84.2 Å². The number of carbonyl (C=O) groups is 2. The van der Waals surface area contributed by atoms with Crippen molar-refractivity contribution in [3.05, 3.63) is 65.5 Å². The maximum absolute atomic E-state index is 12.4. The molecule has 0 aliphatic heterocycles. The van der Waals surface area contributed by atoms with Crippen LogP contribution in [0.25, 0.3) is 11.0 Å². The molecule has 1 unspecified atom stereocenters. The lowest BCUT2D eigenvalue weighted by Crippen LogP contribution is -2.29. The van der Waals surface area contributed by atoms with Crippen molar-refractivity contribution >= 4 is 22.9 Å². The number of carbonyl (C=O) groups excluding carboxylic acids is 1. The van der Waals surface area contributed by atoms with Crippen molar-refractivity contribution in [1.29, 1.82) is 0 Å². The molecule has 1 aromatic heterocycles. The van der Waals surface area contributed by atoms with Crippen LogP contribution in [0.3, 0.4) is 0 Å². The highest BCUT2D eigenvalue weighted by Crippen LogP contribution is 2.24. The van der Waals surface area contributed by atoms with Crippen molar-refractivity contribution in [2.75, 3.05) is 0 Å². The number of hydrogen-bond acceptors (Lipinski definition) is 3. The Labute approximate surface area is 164 Å². The first-order valence-corrected chi connectivity index (χ1v) is 9.45. The highest BCUT2D eigenvalue weighted by molar-refractivity contribution is 5.87. The zero-order chi connectivity index (χ0) is 20.3. The van der Waals surface area contributed by atoms with Crippen LogP contribution in [0.1, 0.15) is 61.0 Å². The molecule has 6 nitrogen and oxygen atoms in total. The minimum absolute atomic E-state index is 0.0582. The second-order valence-corrected chi connectivity index (χ2v) is 7.21. The van der Waals surface area contributed by atoms with Crippen molar-refractivity contribution in [1.82, 2.24) is 14.9 Å². The van der Waals surface area contributed by atoms with E-state index >= 15 is 0 Å². The van der Waals surface area contributed by atoms with Crippen molar-refractivity contribution in [3.63, 3.8) is 0 Å². The van der Waals surface area contributed by atoms with E-state index in [1.807, 2.05) is 31.2 Å². The number of rotatable bonds is 7. The molecule has 2 N–H and O–H groups in total. The number of fused-ring (bicyclic) bond motifs is 1. The molecule has 146 valence electrons. The average Bonchev–Trinajstić information content (AvgIpc) is 3.06. The molecule has 2 aromatic carbocycles. The standard InChI is InChI=1S/C22H25N3O3/c1-14(2)25-19-7-5-4-6-18(19)24-21(25)15(3)23-20(26)13-10-16-8-11-17(12-9-16)22(27)28/h4-9,11-12,14-15H,10,13H2,1-3H3,(H,23,26)(H,27,28). The number of hydrogen-bond donors (Lipinski definition) is 2. The molecule has 1 heterocycles. The zero-order valence-electron chi connectivity index (χ0n) is 16.3. The summed E-state index contributed by atoms with van der Waals surface area (Å²) in [5.74, 6) is -0.168. The highest BCUT2D eigenvalue weighted by atomic mass is 16.4. The molecule has 3 rings (SSSR count). The fourth-order valence-electron chi connectivity index (χ4n) is 3.36. The number of carboxylic acid groups (broad SMARTS) is 1. The third-order valence-electron chi connectivity index (χ3n) is 4.75. The van der Waals surface area contributed by atoms with Gasteiger partial charge in [0, 0.05) is 12.5 Å². The van der Waals surface area contributed by atoms with E-state index in [0.717, 1.165) is 22.4 Å². The van der Waals surface area contributed by atoms with E-state index in [-0.39, 0.29) is 23.6 Å². The first kappa shape index (κ1) is 19.6. The Bertz CT molecular complexity index is 990. The number of nitrogens with one attached hydrogen (secondary N) is 1. The molecular formula is C22H25N3O3. The summed E-state index contributed by atoms with van der Waals surface area (Å²) in [5, 5.41) is 12.0. The largest absolute Gasteiger partial charge is 0.478 e. The van der Waals surface area contributed by atoms with Crippen LogP contribution in [0.4, 0.5) is 0 Å². The van der Waals surface area contributed by atoms with Gasteiger partial charge in [0.1, 0.15) is 5.82 Å². The Balaban J connectivity index is 1.66. The van der Waals surface area contributed by atoms with Gasteiger partial charge in [-0.05, 0) is 57.0 Å². The molecule has 0 aliphatic carbocycles. The van der Waals surface area contributed by atoms with Crippen molar-refractivity contribution in [2.24, 2.45) is 0 Å². The quantitative estimate of drug-likeness (QED) is 0.647. The first-order chi connectivity index (χ1) is 13.4. The minimum Gasteiger partial charge on any atom is -0.478 e. The Hall–Kier alpha value is -3.15. The minimum atomic E-state index is -0.953. The van der Waals surface area contributed by atoms with E-state index in [4.69, 9.17) is 10.1 Å². The van der Waals surface area contributed by atoms with E-state index in [1.165, 1.54) is 0 Å². The number of amides is 1. The van der Waals surface area contributed by atoms with Gasteiger partial charge in [-0.2, -0.15) is 0 Å². The summed E-state index contributed by atoms with van der Waals surface area (Å²) in [4.78, 5) is 28.1. The van der Waals surface area contributed by atoms with E-state index < -0.39 is 5.97 Å². The van der Waals surface area contributed by atoms with Crippen molar-refractivity contribution in [3.8, 4) is 0 Å². The number of imidazole rings is 1. The molecule has 0 saturated heterocycles. The van der Waals surface area contributed by atoms with Crippen LogP contribution in [-0.4, -0.2) is 26.5 Å². The predicted molar refractivity (Wildman–Crippen MR) is 108 cm³/mol. The fraction of sp³-hybridized carbons (Fsp3) is 0.318. The molecule has 3 aromatic rings. The summed E-state index contributed by atoms with van der Waals surface area (Å²) in [6.45, 7) is 6.15. The summed E-state index contributed by atoms with van der Waals surface area (Å²) in [7, 11) is 0. The molecule has 0 radical (unpaired) electrons. The van der Waals surface area contributed by atoms with Gasteiger partial charge >= 0.3 is 5.97 Å². The lowest BCUT2D eigenvalue weighted by atomic mass is 10.1. The number of aromatic carboxylic acids is 1. The maximum atomic E-state index is 12.4. The molecule has 0 fully saturated rings. The molecule has 6 heteroatoms. The molecule has 0 saturated carbocycles. The molecule has 0 spiro atoms. The van der Waals surface area contributed by atoms with Gasteiger partial charge < -0.3 is 15.0 Å². The van der Waals surface area contributed by atoms with Crippen LogP contribution >= 0.6 is 0 Å². The number of aromatic nitrogens is 2. The van der Waals surface area contributed by atoms with Crippen molar-refractivity contribution in [2.45, 2.75) is 45.7 Å². The van der Waals surface area contributed by atoms with E-state index in [9.17, 15) is 9.59 Å². The summed E-state index contributed by atoms with van der Waals surface area (Å²) in [6.07, 6.45) is 0.887. The number of aryl methyl sites for hydroxylation is 1. The molecule has 1 atom stereocenters. The normalized spacial score (nSPS) is 12.3. The molecule has 1 amide bonds. The van der Waals surface area contributed by atoms with Gasteiger partial charge in [0.2, 0.25) is 5.91 Å². The maximum Gasteiger partial charge on any atom is 0.335 e. The molecule has 0 bridgehead atoms. The first-order valence-electron chi connectivity index (χ1n) is 9.45.